The summed E-state index contributed by atoms with van der Waals surface area (Å²) in [5.74, 6) is 0. The summed E-state index contributed by atoms with van der Waals surface area (Å²) in [4.78, 5) is 11.3. The second-order valence-corrected chi connectivity index (χ2v) is 3.42. The fourth-order valence-electron chi connectivity index (χ4n) is 1.08. The highest BCUT2D eigenvalue weighted by Gasteiger charge is 1.67. The van der Waals surface area contributed by atoms with E-state index in [0.29, 0.717) is 0 Å². The lowest BCUT2D eigenvalue weighted by atomic mass is 10.4. The zero-order valence-electron chi connectivity index (χ0n) is 10.5. The molecule has 0 aromatic carbocycles. The molecule has 0 spiro atoms. The van der Waals surface area contributed by atoms with Crippen LogP contribution in [-0.2, 0) is 0 Å². The average molecular weight is 252 g/mol. The summed E-state index contributed by atoms with van der Waals surface area (Å²) in [6.45, 7) is 0. The molecule has 0 bridgehead atoms. The third kappa shape index (κ3) is 9.06. The van der Waals surface area contributed by atoms with Gasteiger partial charge in [-0.1, -0.05) is 72.8 Å². The number of nitrogens with one attached hydrogen (secondary N) is 1. The molecule has 96 valence electrons. The van der Waals surface area contributed by atoms with E-state index < -0.39 is 0 Å². The number of hydrogen-bond acceptors (Lipinski definition) is 2. The fraction of sp³-hybridized carbons (Fsp3) is 0. The number of hydrogen-bond donors (Lipinski definition) is 1. The van der Waals surface area contributed by atoms with Crippen molar-refractivity contribution in [1.29, 1.82) is 0 Å². The predicted octanol–water partition coefficient (Wildman–Crippen LogP) is 3.14. The van der Waals surface area contributed by atoms with E-state index in [-0.39, 0.29) is 5.56 Å². The molecule has 1 aromatic rings. The van der Waals surface area contributed by atoms with Crippen LogP contribution in [0.5, 0.6) is 0 Å². The second-order valence-electron chi connectivity index (χ2n) is 3.42. The van der Waals surface area contributed by atoms with Crippen molar-refractivity contribution in [2.24, 2.45) is 0 Å². The largest absolute Gasteiger partial charge is 0.268 e. The highest BCUT2D eigenvalue weighted by Crippen LogP contribution is 1.78. The van der Waals surface area contributed by atoms with Crippen molar-refractivity contribution in [1.82, 2.24) is 10.2 Å². The zero-order valence-corrected chi connectivity index (χ0v) is 10.5. The Balaban J connectivity index is 3.14. The lowest BCUT2D eigenvalue weighted by molar-refractivity contribution is 1.01. The van der Waals surface area contributed by atoms with E-state index in [1.807, 2.05) is 60.7 Å². The van der Waals surface area contributed by atoms with E-state index in [1.165, 1.54) is 12.3 Å². The average Bonchev–Trinajstić information content (AvgIpc) is 2.41. The first-order chi connectivity index (χ1) is 9.39. The molecule has 19 heavy (non-hydrogen) atoms. The molecule has 1 rings (SSSR count). The molecule has 0 aliphatic rings. The molecule has 0 aliphatic carbocycles. The Morgan fingerprint density at radius 2 is 1.05 bits per heavy atom. The summed E-state index contributed by atoms with van der Waals surface area (Å²) < 4.78 is 0. The standard InChI is InChI=1S/C16H16N2O/c19-16-14-12-10-8-6-4-2-1-3-5-7-9-11-13-15-17-18-16/h1-15H,(H,18,19). The molecule has 0 amide bonds. The van der Waals surface area contributed by atoms with Gasteiger partial charge in [0.2, 0.25) is 0 Å². The number of aromatic amines is 1. The van der Waals surface area contributed by atoms with Crippen LogP contribution in [0.3, 0.4) is 0 Å². The molecule has 3 nitrogen and oxygen atoms in total. The van der Waals surface area contributed by atoms with Gasteiger partial charge in [-0.3, -0.25) is 4.79 Å². The van der Waals surface area contributed by atoms with Crippen molar-refractivity contribution in [3.63, 3.8) is 0 Å². The lowest BCUT2D eigenvalue weighted by Crippen LogP contribution is -2.00. The predicted molar refractivity (Wildman–Crippen MR) is 77.7 cm³/mol. The fourth-order valence-corrected chi connectivity index (χ4v) is 1.08. The van der Waals surface area contributed by atoms with E-state index in [0.717, 1.165) is 0 Å². The first-order valence-electron chi connectivity index (χ1n) is 5.89. The highest BCUT2D eigenvalue weighted by molar-refractivity contribution is 4.97. The molecule has 0 unspecified atom stereocenters. The third-order valence-electron chi connectivity index (χ3n) is 1.92. The minimum Gasteiger partial charge on any atom is -0.268 e. The zero-order chi connectivity index (χ0) is 13.6. The smallest absolute Gasteiger partial charge is 0.264 e. The SMILES string of the molecule is O=c1cccccccccccccccn[nH]1. The van der Waals surface area contributed by atoms with Crippen molar-refractivity contribution >= 4 is 0 Å². The Morgan fingerprint density at radius 1 is 0.632 bits per heavy atom. The van der Waals surface area contributed by atoms with E-state index in [2.05, 4.69) is 10.2 Å². The quantitative estimate of drug-likeness (QED) is 0.771. The lowest BCUT2D eigenvalue weighted by Gasteiger charge is -1.71. The Labute approximate surface area is 112 Å². The van der Waals surface area contributed by atoms with Crippen LogP contribution >= 0.6 is 0 Å². The van der Waals surface area contributed by atoms with Gasteiger partial charge in [-0.2, -0.15) is 5.10 Å². The van der Waals surface area contributed by atoms with Gasteiger partial charge in [-0.05, 0) is 6.07 Å². The van der Waals surface area contributed by atoms with Crippen molar-refractivity contribution < 1.29 is 0 Å². The monoisotopic (exact) mass is 252 g/mol. The van der Waals surface area contributed by atoms with Gasteiger partial charge in [0.25, 0.3) is 5.56 Å². The van der Waals surface area contributed by atoms with Crippen LogP contribution < -0.4 is 5.56 Å². The first-order valence-corrected chi connectivity index (χ1v) is 5.89. The normalized spacial score (nSPS) is 8.21. The summed E-state index contributed by atoms with van der Waals surface area (Å²) in [5, 5.41) is 6.13. The summed E-state index contributed by atoms with van der Waals surface area (Å²) in [7, 11) is 0. The van der Waals surface area contributed by atoms with Crippen LogP contribution in [0.25, 0.3) is 0 Å². The van der Waals surface area contributed by atoms with Crippen LogP contribution in [0.4, 0.5) is 0 Å². The topological polar surface area (TPSA) is 45.8 Å². The number of aromatic nitrogens is 2. The number of nitrogens with zero attached hydrogens (tertiary/aromatic N) is 1. The van der Waals surface area contributed by atoms with Crippen LogP contribution in [0.2, 0.25) is 0 Å². The van der Waals surface area contributed by atoms with Crippen LogP contribution in [0.15, 0.2) is 95.9 Å². The second kappa shape index (κ2) is 10.5. The summed E-state index contributed by atoms with van der Waals surface area (Å²) >= 11 is 0. The first kappa shape index (κ1) is 14.4. The van der Waals surface area contributed by atoms with Crippen molar-refractivity contribution in [2.75, 3.05) is 0 Å². The van der Waals surface area contributed by atoms with Crippen LogP contribution in [0, 0.1) is 0 Å². The Hall–Kier alpha value is -2.68. The number of H-pyrrole nitrogens is 1. The Bertz CT molecular complexity index is 544. The van der Waals surface area contributed by atoms with Crippen molar-refractivity contribution in [3.05, 3.63) is 101 Å². The van der Waals surface area contributed by atoms with Gasteiger partial charge in [0.1, 0.15) is 0 Å². The van der Waals surface area contributed by atoms with Crippen molar-refractivity contribution in [3.8, 4) is 0 Å². The summed E-state index contributed by atoms with van der Waals surface area (Å²) in [6, 6.07) is 25.5. The van der Waals surface area contributed by atoms with Gasteiger partial charge in [0, 0.05) is 12.3 Å². The van der Waals surface area contributed by atoms with E-state index in [1.54, 1.807) is 18.2 Å². The molecule has 0 saturated carbocycles. The maximum Gasteiger partial charge on any atom is 0.264 e. The summed E-state index contributed by atoms with van der Waals surface area (Å²) in [5.41, 5.74) is -0.266. The highest BCUT2D eigenvalue weighted by atomic mass is 16.1. The molecule has 0 fully saturated rings. The molecule has 0 radical (unpaired) electrons. The summed E-state index contributed by atoms with van der Waals surface area (Å²) in [6.07, 6.45) is 1.52. The van der Waals surface area contributed by atoms with Gasteiger partial charge in [-0.25, -0.2) is 5.10 Å². The van der Waals surface area contributed by atoms with Gasteiger partial charge in [0.05, 0.1) is 0 Å². The Kier molecular flexibility index (Phi) is 7.93. The Morgan fingerprint density at radius 3 is 1.58 bits per heavy atom. The molecule has 0 saturated heterocycles. The molecule has 0 aliphatic heterocycles. The maximum absolute atomic E-state index is 11.3. The van der Waals surface area contributed by atoms with Crippen LogP contribution in [0.1, 0.15) is 0 Å². The maximum atomic E-state index is 11.3. The van der Waals surface area contributed by atoms with E-state index in [4.69, 9.17) is 0 Å². The van der Waals surface area contributed by atoms with E-state index in [9.17, 15) is 4.79 Å². The van der Waals surface area contributed by atoms with Gasteiger partial charge in [0.15, 0.2) is 0 Å². The number of rotatable bonds is 0. The van der Waals surface area contributed by atoms with Crippen LogP contribution in [-0.4, -0.2) is 10.2 Å². The minimum atomic E-state index is -0.266. The molecular formula is C16H16N2O. The van der Waals surface area contributed by atoms with Gasteiger partial charge in [-0.15, -0.1) is 0 Å². The minimum absolute atomic E-state index is 0.266. The molecule has 1 N–H and O–H groups in total. The van der Waals surface area contributed by atoms with Crippen molar-refractivity contribution in [2.45, 2.75) is 0 Å². The molecule has 1 aromatic heterocycles. The molecule has 1 heterocycles. The molecule has 3 heteroatoms. The third-order valence-corrected chi connectivity index (χ3v) is 1.92. The molecule has 0 atom stereocenters. The van der Waals surface area contributed by atoms with Gasteiger partial charge >= 0.3 is 0 Å². The van der Waals surface area contributed by atoms with Gasteiger partial charge < -0.3 is 0 Å². The molecular weight excluding hydrogens is 236 g/mol. The van der Waals surface area contributed by atoms with E-state index >= 15 is 0 Å².